The molecule has 1 rings (SSSR count). The van der Waals surface area contributed by atoms with Crippen LogP contribution in [0.3, 0.4) is 0 Å². The fraction of sp³-hybridized carbons (Fsp3) is 0.273. The standard InChI is InChI=1S/C11H15N3O3S2/c1-7(10(12)18)11(15)14-6-8-2-4-9(5-3-8)19(13,16)17/h2-5,7H,6H2,1H3,(H2,12,18)(H,14,15)(H2,13,16,17). The average Bonchev–Trinajstić information content (AvgIpc) is 2.34. The van der Waals surface area contributed by atoms with Gasteiger partial charge in [0.05, 0.1) is 15.8 Å². The lowest BCUT2D eigenvalue weighted by Gasteiger charge is -2.10. The van der Waals surface area contributed by atoms with Crippen LogP contribution < -0.4 is 16.2 Å². The van der Waals surface area contributed by atoms with Gasteiger partial charge in [-0.3, -0.25) is 4.79 Å². The van der Waals surface area contributed by atoms with E-state index >= 15 is 0 Å². The molecule has 0 aromatic heterocycles. The Hall–Kier alpha value is -1.51. The van der Waals surface area contributed by atoms with Crippen molar-refractivity contribution < 1.29 is 13.2 Å². The van der Waals surface area contributed by atoms with Gasteiger partial charge in [-0.2, -0.15) is 0 Å². The van der Waals surface area contributed by atoms with Gasteiger partial charge < -0.3 is 11.1 Å². The van der Waals surface area contributed by atoms with E-state index in [1.54, 1.807) is 19.1 Å². The Morgan fingerprint density at radius 1 is 1.37 bits per heavy atom. The van der Waals surface area contributed by atoms with Crippen LogP contribution in [0.15, 0.2) is 29.2 Å². The van der Waals surface area contributed by atoms with Gasteiger partial charge in [-0.25, -0.2) is 13.6 Å². The van der Waals surface area contributed by atoms with Gasteiger partial charge in [0.2, 0.25) is 15.9 Å². The number of hydrogen-bond donors (Lipinski definition) is 3. The summed E-state index contributed by atoms with van der Waals surface area (Å²) in [4.78, 5) is 11.7. The van der Waals surface area contributed by atoms with Crippen LogP contribution in [0.25, 0.3) is 0 Å². The maximum atomic E-state index is 11.6. The van der Waals surface area contributed by atoms with Crippen LogP contribution in [-0.4, -0.2) is 19.3 Å². The summed E-state index contributed by atoms with van der Waals surface area (Å²) in [5.74, 6) is -0.818. The molecule has 1 atom stereocenters. The first-order valence-corrected chi connectivity index (χ1v) is 7.36. The van der Waals surface area contributed by atoms with E-state index in [1.165, 1.54) is 12.1 Å². The van der Waals surface area contributed by atoms with Gasteiger partial charge in [-0.1, -0.05) is 24.4 Å². The van der Waals surface area contributed by atoms with Crippen molar-refractivity contribution in [3.63, 3.8) is 0 Å². The molecule has 0 aliphatic carbocycles. The summed E-state index contributed by atoms with van der Waals surface area (Å²) in [6.45, 7) is 1.87. The van der Waals surface area contributed by atoms with E-state index in [9.17, 15) is 13.2 Å². The Morgan fingerprint density at radius 2 is 1.89 bits per heavy atom. The number of amides is 1. The molecule has 6 nitrogen and oxygen atoms in total. The molecule has 0 bridgehead atoms. The van der Waals surface area contributed by atoms with E-state index in [1.807, 2.05) is 0 Å². The Balaban J connectivity index is 2.65. The van der Waals surface area contributed by atoms with Crippen LogP contribution in [0.5, 0.6) is 0 Å². The Bertz CT molecular complexity index is 582. The topological polar surface area (TPSA) is 115 Å². The first-order chi connectivity index (χ1) is 8.71. The van der Waals surface area contributed by atoms with Crippen molar-refractivity contribution in [2.24, 2.45) is 16.8 Å². The second-order valence-electron chi connectivity index (χ2n) is 4.03. The van der Waals surface area contributed by atoms with Crippen molar-refractivity contribution in [3.8, 4) is 0 Å². The zero-order valence-corrected chi connectivity index (χ0v) is 11.9. The number of nitrogens with one attached hydrogen (secondary N) is 1. The fourth-order valence-electron chi connectivity index (χ4n) is 1.27. The molecule has 5 N–H and O–H groups in total. The van der Waals surface area contributed by atoms with Gasteiger partial charge >= 0.3 is 0 Å². The van der Waals surface area contributed by atoms with E-state index in [-0.39, 0.29) is 22.3 Å². The Morgan fingerprint density at radius 3 is 2.32 bits per heavy atom. The molecule has 19 heavy (non-hydrogen) atoms. The molecule has 0 aliphatic rings. The van der Waals surface area contributed by atoms with E-state index < -0.39 is 15.9 Å². The van der Waals surface area contributed by atoms with Gasteiger partial charge in [0.25, 0.3) is 0 Å². The molecule has 104 valence electrons. The molecule has 8 heteroatoms. The summed E-state index contributed by atoms with van der Waals surface area (Å²) in [7, 11) is -3.70. The summed E-state index contributed by atoms with van der Waals surface area (Å²) in [6, 6.07) is 5.92. The highest BCUT2D eigenvalue weighted by molar-refractivity contribution is 7.89. The zero-order chi connectivity index (χ0) is 14.6. The van der Waals surface area contributed by atoms with Crippen LogP contribution in [-0.2, 0) is 21.4 Å². The van der Waals surface area contributed by atoms with Crippen LogP contribution in [0.2, 0.25) is 0 Å². The number of hydrogen-bond acceptors (Lipinski definition) is 4. The largest absolute Gasteiger partial charge is 0.393 e. The van der Waals surface area contributed by atoms with Crippen molar-refractivity contribution in [1.29, 1.82) is 0 Å². The van der Waals surface area contributed by atoms with Gasteiger partial charge in [-0.05, 0) is 24.6 Å². The summed E-state index contributed by atoms with van der Waals surface area (Å²) >= 11 is 4.72. The van der Waals surface area contributed by atoms with Gasteiger partial charge in [-0.15, -0.1) is 0 Å². The number of sulfonamides is 1. The van der Waals surface area contributed by atoms with Crippen LogP contribution >= 0.6 is 12.2 Å². The molecule has 0 heterocycles. The third kappa shape index (κ3) is 4.58. The van der Waals surface area contributed by atoms with E-state index in [4.69, 9.17) is 23.1 Å². The van der Waals surface area contributed by atoms with E-state index in [2.05, 4.69) is 5.32 Å². The summed E-state index contributed by atoms with van der Waals surface area (Å²) < 4.78 is 22.1. The molecule has 0 aliphatic heterocycles. The van der Waals surface area contributed by atoms with E-state index in [0.717, 1.165) is 5.56 Å². The number of rotatable bonds is 5. The lowest BCUT2D eigenvalue weighted by atomic mass is 10.1. The summed E-state index contributed by atoms with van der Waals surface area (Å²) in [6.07, 6.45) is 0. The zero-order valence-electron chi connectivity index (χ0n) is 10.3. The minimum absolute atomic E-state index is 0.0269. The highest BCUT2D eigenvalue weighted by Crippen LogP contribution is 2.08. The van der Waals surface area contributed by atoms with Crippen molar-refractivity contribution in [1.82, 2.24) is 5.32 Å². The normalized spacial score (nSPS) is 12.7. The SMILES string of the molecule is CC(C(=O)NCc1ccc(S(N)(=O)=O)cc1)C(N)=S. The maximum absolute atomic E-state index is 11.6. The van der Waals surface area contributed by atoms with Crippen molar-refractivity contribution in [2.45, 2.75) is 18.4 Å². The number of carbonyl (C=O) groups is 1. The molecule has 1 aromatic rings. The quantitative estimate of drug-likeness (QED) is 0.655. The second kappa shape index (κ2) is 6.09. The molecule has 1 amide bonds. The number of primary sulfonamides is 1. The monoisotopic (exact) mass is 301 g/mol. The predicted octanol–water partition coefficient (Wildman–Crippen LogP) is -0.128. The minimum atomic E-state index is -3.70. The number of benzene rings is 1. The third-order valence-corrected chi connectivity index (χ3v) is 3.82. The number of thiocarbonyl (C=S) groups is 1. The number of carbonyl (C=O) groups excluding carboxylic acids is 1. The number of nitrogens with two attached hydrogens (primary N) is 2. The highest BCUT2D eigenvalue weighted by atomic mass is 32.2. The second-order valence-corrected chi connectivity index (χ2v) is 6.06. The van der Waals surface area contributed by atoms with Gasteiger partial charge in [0, 0.05) is 6.54 Å². The molecule has 0 saturated heterocycles. The molecule has 1 unspecified atom stereocenters. The molecular formula is C11H15N3O3S2. The molecule has 1 aromatic carbocycles. The minimum Gasteiger partial charge on any atom is -0.393 e. The smallest absolute Gasteiger partial charge is 0.238 e. The molecule has 0 spiro atoms. The fourth-order valence-corrected chi connectivity index (χ4v) is 1.89. The Kier molecular flexibility index (Phi) is 4.98. The van der Waals surface area contributed by atoms with Crippen LogP contribution in [0.1, 0.15) is 12.5 Å². The summed E-state index contributed by atoms with van der Waals surface area (Å²) in [5, 5.41) is 7.63. The average molecular weight is 301 g/mol. The molecular weight excluding hydrogens is 286 g/mol. The highest BCUT2D eigenvalue weighted by Gasteiger charge is 2.15. The maximum Gasteiger partial charge on any atom is 0.238 e. The molecule has 0 saturated carbocycles. The molecule has 0 radical (unpaired) electrons. The predicted molar refractivity (Wildman–Crippen MR) is 75.6 cm³/mol. The lowest BCUT2D eigenvalue weighted by molar-refractivity contribution is -0.122. The first-order valence-electron chi connectivity index (χ1n) is 5.40. The Labute approximate surface area is 117 Å². The van der Waals surface area contributed by atoms with Crippen LogP contribution in [0, 0.1) is 5.92 Å². The van der Waals surface area contributed by atoms with E-state index in [0.29, 0.717) is 0 Å². The first kappa shape index (κ1) is 15.5. The van der Waals surface area contributed by atoms with Crippen molar-refractivity contribution in [2.75, 3.05) is 0 Å². The third-order valence-electron chi connectivity index (χ3n) is 2.54. The summed E-state index contributed by atoms with van der Waals surface area (Å²) in [5.41, 5.74) is 6.11. The van der Waals surface area contributed by atoms with Crippen LogP contribution in [0.4, 0.5) is 0 Å². The van der Waals surface area contributed by atoms with Crippen molar-refractivity contribution >= 4 is 33.1 Å². The van der Waals surface area contributed by atoms with Crippen molar-refractivity contribution in [3.05, 3.63) is 29.8 Å². The van der Waals surface area contributed by atoms with Gasteiger partial charge in [0.15, 0.2) is 0 Å². The van der Waals surface area contributed by atoms with Gasteiger partial charge in [0.1, 0.15) is 0 Å². The lowest BCUT2D eigenvalue weighted by Crippen LogP contribution is -2.35. The molecule has 0 fully saturated rings.